The van der Waals surface area contributed by atoms with Crippen LogP contribution in [0.2, 0.25) is 0 Å². The lowest BCUT2D eigenvalue weighted by atomic mass is 9.84. The molecule has 1 fully saturated rings. The second-order valence-corrected chi connectivity index (χ2v) is 11.7. The molecule has 1 heterocycles. The van der Waals surface area contributed by atoms with Crippen molar-refractivity contribution in [2.45, 2.75) is 59.4 Å². The van der Waals surface area contributed by atoms with Crippen molar-refractivity contribution in [1.29, 1.82) is 0 Å². The number of rotatable bonds is 17. The molecule has 1 aliphatic heterocycles. The molecule has 8 nitrogen and oxygen atoms in total. The summed E-state index contributed by atoms with van der Waals surface area (Å²) in [6, 6.07) is 14.8. The number of benzene rings is 2. The molecular weight excluding hydrogens is 546 g/mol. The molecule has 3 rings (SSSR count). The summed E-state index contributed by atoms with van der Waals surface area (Å²) in [6.07, 6.45) is 5.67. The quantitative estimate of drug-likeness (QED) is 0.114. The van der Waals surface area contributed by atoms with Crippen molar-refractivity contribution in [3.05, 3.63) is 71.8 Å². The molecule has 0 radical (unpaired) electrons. The van der Waals surface area contributed by atoms with Crippen LogP contribution in [0.5, 0.6) is 11.5 Å². The number of carbonyl (C=O) groups is 3. The summed E-state index contributed by atoms with van der Waals surface area (Å²) < 4.78 is 21.7. The summed E-state index contributed by atoms with van der Waals surface area (Å²) in [4.78, 5) is 41.1. The SMILES string of the molecule is COCCCOc1cc(C(=O)[C@@H](CC=CC[C@H](C(=O)N2C(=O)OC[C@@H]2Cc2ccccc2)C(C)C)C(C)C)ccc1OC. The molecule has 2 aromatic rings. The Bertz CT molecular complexity index is 1220. The molecule has 2 amide bonds. The number of imide groups is 1. The topological polar surface area (TPSA) is 91.4 Å². The van der Waals surface area contributed by atoms with Crippen molar-refractivity contribution in [1.82, 2.24) is 4.90 Å². The van der Waals surface area contributed by atoms with Gasteiger partial charge in [-0.2, -0.15) is 0 Å². The Morgan fingerprint density at radius 3 is 2.23 bits per heavy atom. The van der Waals surface area contributed by atoms with Crippen molar-refractivity contribution in [2.75, 3.05) is 34.0 Å². The molecule has 3 atom stereocenters. The first-order valence-electron chi connectivity index (χ1n) is 15.2. The van der Waals surface area contributed by atoms with Crippen LogP contribution in [0, 0.1) is 23.7 Å². The number of ether oxygens (including phenoxy) is 4. The van der Waals surface area contributed by atoms with E-state index in [1.165, 1.54) is 4.90 Å². The fourth-order valence-corrected chi connectivity index (χ4v) is 5.31. The Morgan fingerprint density at radius 1 is 0.930 bits per heavy atom. The second-order valence-electron chi connectivity index (χ2n) is 11.7. The molecule has 0 aromatic heterocycles. The first-order valence-corrected chi connectivity index (χ1v) is 15.2. The third kappa shape index (κ3) is 9.42. The van der Waals surface area contributed by atoms with E-state index in [-0.39, 0.29) is 48.0 Å². The predicted molar refractivity (Wildman–Crippen MR) is 166 cm³/mol. The van der Waals surface area contributed by atoms with Crippen LogP contribution in [0.4, 0.5) is 4.79 Å². The maximum Gasteiger partial charge on any atom is 0.416 e. The first kappa shape index (κ1) is 33.8. The Kier molecular flexibility index (Phi) is 13.3. The summed E-state index contributed by atoms with van der Waals surface area (Å²) in [5.41, 5.74) is 1.62. The van der Waals surface area contributed by atoms with Gasteiger partial charge in [0.1, 0.15) is 6.61 Å². The van der Waals surface area contributed by atoms with E-state index in [0.29, 0.717) is 49.5 Å². The molecule has 2 aromatic carbocycles. The van der Waals surface area contributed by atoms with E-state index in [1.54, 1.807) is 32.4 Å². The van der Waals surface area contributed by atoms with Crippen LogP contribution in [-0.2, 0) is 20.7 Å². The molecular formula is C35H47NO7. The molecule has 0 aliphatic carbocycles. The van der Waals surface area contributed by atoms with Gasteiger partial charge >= 0.3 is 6.09 Å². The van der Waals surface area contributed by atoms with E-state index < -0.39 is 6.09 Å². The van der Waals surface area contributed by atoms with Gasteiger partial charge in [-0.3, -0.25) is 9.59 Å². The number of hydrogen-bond acceptors (Lipinski definition) is 7. The number of ketones is 1. The van der Waals surface area contributed by atoms with Crippen LogP contribution in [0.3, 0.4) is 0 Å². The molecule has 0 bridgehead atoms. The fourth-order valence-electron chi connectivity index (χ4n) is 5.31. The molecule has 0 unspecified atom stereocenters. The van der Waals surface area contributed by atoms with Gasteiger partial charge in [0, 0.05) is 37.5 Å². The van der Waals surface area contributed by atoms with E-state index in [4.69, 9.17) is 18.9 Å². The molecule has 0 spiro atoms. The summed E-state index contributed by atoms with van der Waals surface area (Å²) in [7, 11) is 3.22. The maximum atomic E-state index is 13.6. The zero-order chi connectivity index (χ0) is 31.4. The lowest BCUT2D eigenvalue weighted by Gasteiger charge is -2.26. The van der Waals surface area contributed by atoms with Crippen molar-refractivity contribution in [3.63, 3.8) is 0 Å². The average molecular weight is 594 g/mol. The fraction of sp³-hybridized carbons (Fsp3) is 0.514. The summed E-state index contributed by atoms with van der Waals surface area (Å²) in [6.45, 7) is 9.29. The second kappa shape index (κ2) is 16.8. The minimum Gasteiger partial charge on any atom is -0.493 e. The minimum absolute atomic E-state index is 0.0204. The highest BCUT2D eigenvalue weighted by Gasteiger charge is 2.41. The van der Waals surface area contributed by atoms with Crippen LogP contribution in [-0.4, -0.2) is 62.8 Å². The highest BCUT2D eigenvalue weighted by molar-refractivity contribution is 5.98. The molecule has 1 saturated heterocycles. The Balaban J connectivity index is 1.67. The van der Waals surface area contributed by atoms with Gasteiger partial charge in [0.2, 0.25) is 5.91 Å². The Morgan fingerprint density at radius 2 is 1.60 bits per heavy atom. The number of hydrogen-bond donors (Lipinski definition) is 0. The van der Waals surface area contributed by atoms with Gasteiger partial charge in [-0.05, 0) is 54.9 Å². The van der Waals surface area contributed by atoms with Gasteiger partial charge in [-0.1, -0.05) is 70.2 Å². The van der Waals surface area contributed by atoms with Crippen LogP contribution >= 0.6 is 0 Å². The van der Waals surface area contributed by atoms with E-state index in [2.05, 4.69) is 0 Å². The number of allylic oxidation sites excluding steroid dienone is 2. The zero-order valence-electron chi connectivity index (χ0n) is 26.4. The number of amides is 2. The standard InChI is InChI=1S/C35H47NO7/c1-24(2)29(33(37)27-17-18-31(41-6)32(22-27)42-20-12-19-40-5)15-10-11-16-30(25(3)4)34(38)36-28(23-43-35(36)39)21-26-13-8-7-9-14-26/h7-11,13-14,17-18,22,24-25,28-30H,12,15-16,19-21,23H2,1-6H3/t28-,29-,30-/m0/s1. The lowest BCUT2D eigenvalue weighted by molar-refractivity contribution is -0.134. The number of cyclic esters (lactones) is 1. The van der Waals surface area contributed by atoms with Gasteiger partial charge in [0.05, 0.1) is 19.8 Å². The molecule has 43 heavy (non-hydrogen) atoms. The normalized spacial score (nSPS) is 16.5. The number of Topliss-reactive ketones (excluding diaryl/α,β-unsaturated/α-hetero) is 1. The van der Waals surface area contributed by atoms with Crippen molar-refractivity contribution >= 4 is 17.8 Å². The van der Waals surface area contributed by atoms with Crippen molar-refractivity contribution < 1.29 is 33.3 Å². The minimum atomic E-state index is -0.576. The molecule has 8 heteroatoms. The van der Waals surface area contributed by atoms with Crippen LogP contribution in [0.1, 0.15) is 62.9 Å². The van der Waals surface area contributed by atoms with E-state index in [0.717, 1.165) is 12.0 Å². The predicted octanol–water partition coefficient (Wildman–Crippen LogP) is 6.76. The number of methoxy groups -OCH3 is 2. The average Bonchev–Trinajstić information content (AvgIpc) is 3.35. The molecule has 234 valence electrons. The van der Waals surface area contributed by atoms with Crippen LogP contribution in [0.15, 0.2) is 60.7 Å². The molecule has 0 saturated carbocycles. The zero-order valence-corrected chi connectivity index (χ0v) is 26.4. The maximum absolute atomic E-state index is 13.6. The summed E-state index contributed by atoms with van der Waals surface area (Å²) in [5.74, 6) is 0.424. The monoisotopic (exact) mass is 593 g/mol. The largest absolute Gasteiger partial charge is 0.493 e. The Labute approximate surface area is 256 Å². The molecule has 1 aliphatic rings. The number of nitrogens with zero attached hydrogens (tertiary/aromatic N) is 1. The van der Waals surface area contributed by atoms with Gasteiger partial charge in [0.15, 0.2) is 17.3 Å². The van der Waals surface area contributed by atoms with Crippen LogP contribution in [0.25, 0.3) is 0 Å². The molecule has 0 N–H and O–H groups in total. The lowest BCUT2D eigenvalue weighted by Crippen LogP contribution is -2.44. The van der Waals surface area contributed by atoms with E-state index in [9.17, 15) is 14.4 Å². The number of carbonyl (C=O) groups excluding carboxylic acids is 3. The van der Waals surface area contributed by atoms with Crippen molar-refractivity contribution in [2.24, 2.45) is 23.7 Å². The van der Waals surface area contributed by atoms with Crippen molar-refractivity contribution in [3.8, 4) is 11.5 Å². The first-order chi connectivity index (χ1) is 20.7. The van der Waals surface area contributed by atoms with Gasteiger partial charge in [0.25, 0.3) is 0 Å². The van der Waals surface area contributed by atoms with Gasteiger partial charge in [-0.15, -0.1) is 0 Å². The van der Waals surface area contributed by atoms with E-state index in [1.807, 2.05) is 70.2 Å². The van der Waals surface area contributed by atoms with E-state index >= 15 is 0 Å². The smallest absolute Gasteiger partial charge is 0.416 e. The van der Waals surface area contributed by atoms with Gasteiger partial charge in [-0.25, -0.2) is 9.69 Å². The Hall–Kier alpha value is -3.65. The highest BCUT2D eigenvalue weighted by Crippen LogP contribution is 2.31. The highest BCUT2D eigenvalue weighted by atomic mass is 16.6. The van der Waals surface area contributed by atoms with Gasteiger partial charge < -0.3 is 18.9 Å². The third-order valence-corrected chi connectivity index (χ3v) is 7.92. The summed E-state index contributed by atoms with van der Waals surface area (Å²) >= 11 is 0. The summed E-state index contributed by atoms with van der Waals surface area (Å²) in [5, 5.41) is 0. The third-order valence-electron chi connectivity index (χ3n) is 7.92. The van der Waals surface area contributed by atoms with Crippen LogP contribution < -0.4 is 9.47 Å².